The molecule has 1 aliphatic heterocycles. The first kappa shape index (κ1) is 15.6. The second-order valence-electron chi connectivity index (χ2n) is 5.91. The van der Waals surface area contributed by atoms with Gasteiger partial charge in [0.1, 0.15) is 0 Å². The minimum absolute atomic E-state index is 0.0472. The molecule has 1 amide bonds. The third-order valence-corrected chi connectivity index (χ3v) is 3.62. The average Bonchev–Trinajstić information content (AvgIpc) is 2.45. The standard InChI is InChI=1S/C16H23NO4/c1-12(21-14-8-6-5-7-13(14)19-4)15(18)17(3)9-16(2)10-20-11-16/h5-8,12H,9-11H2,1-4H3. The molecule has 0 spiro atoms. The van der Waals surface area contributed by atoms with Crippen molar-refractivity contribution in [3.63, 3.8) is 0 Å². The molecule has 21 heavy (non-hydrogen) atoms. The van der Waals surface area contributed by atoms with Gasteiger partial charge < -0.3 is 19.1 Å². The van der Waals surface area contributed by atoms with Crippen LogP contribution in [0.25, 0.3) is 0 Å². The van der Waals surface area contributed by atoms with E-state index in [1.807, 2.05) is 18.2 Å². The third kappa shape index (κ3) is 3.67. The number of nitrogens with zero attached hydrogens (tertiary/aromatic N) is 1. The predicted octanol–water partition coefficient (Wildman–Crippen LogP) is 1.96. The molecule has 1 unspecified atom stereocenters. The summed E-state index contributed by atoms with van der Waals surface area (Å²) in [6.45, 7) is 5.95. The average molecular weight is 293 g/mol. The number of carbonyl (C=O) groups is 1. The van der Waals surface area contributed by atoms with Crippen LogP contribution in [0.3, 0.4) is 0 Å². The Balaban J connectivity index is 1.95. The highest BCUT2D eigenvalue weighted by atomic mass is 16.5. The molecule has 0 radical (unpaired) electrons. The topological polar surface area (TPSA) is 48.0 Å². The number of amides is 1. The molecule has 5 nitrogen and oxygen atoms in total. The van der Waals surface area contributed by atoms with Crippen molar-refractivity contribution in [3.8, 4) is 11.5 Å². The van der Waals surface area contributed by atoms with Crippen molar-refractivity contribution in [2.75, 3.05) is 33.9 Å². The van der Waals surface area contributed by atoms with E-state index in [9.17, 15) is 4.79 Å². The number of likely N-dealkylation sites (N-methyl/N-ethyl adjacent to an activating group) is 1. The van der Waals surface area contributed by atoms with Crippen LogP contribution in [0, 0.1) is 5.41 Å². The lowest BCUT2D eigenvalue weighted by Gasteiger charge is -2.41. The van der Waals surface area contributed by atoms with Crippen molar-refractivity contribution in [1.82, 2.24) is 4.90 Å². The molecule has 1 atom stereocenters. The fourth-order valence-electron chi connectivity index (χ4n) is 2.46. The Morgan fingerprint density at radius 3 is 2.52 bits per heavy atom. The largest absolute Gasteiger partial charge is 0.493 e. The normalized spacial score (nSPS) is 17.5. The number of carbonyl (C=O) groups excluding carboxylic acids is 1. The Morgan fingerprint density at radius 2 is 2.00 bits per heavy atom. The molecule has 0 aliphatic carbocycles. The van der Waals surface area contributed by atoms with Crippen molar-refractivity contribution in [2.24, 2.45) is 5.41 Å². The summed E-state index contributed by atoms with van der Waals surface area (Å²) >= 11 is 0. The second kappa shape index (κ2) is 6.35. The van der Waals surface area contributed by atoms with Crippen LogP contribution < -0.4 is 9.47 Å². The van der Waals surface area contributed by atoms with Crippen molar-refractivity contribution >= 4 is 5.91 Å². The third-order valence-electron chi connectivity index (χ3n) is 3.62. The number of para-hydroxylation sites is 2. The smallest absolute Gasteiger partial charge is 0.263 e. The number of ether oxygens (including phenoxy) is 3. The van der Waals surface area contributed by atoms with E-state index in [-0.39, 0.29) is 11.3 Å². The molecular weight excluding hydrogens is 270 g/mol. The number of benzene rings is 1. The molecule has 2 rings (SSSR count). The summed E-state index contributed by atoms with van der Waals surface area (Å²) in [6, 6.07) is 7.32. The highest BCUT2D eigenvalue weighted by molar-refractivity contribution is 5.80. The van der Waals surface area contributed by atoms with Gasteiger partial charge >= 0.3 is 0 Å². The lowest BCUT2D eigenvalue weighted by Crippen LogP contribution is -2.51. The summed E-state index contributed by atoms with van der Waals surface area (Å²) < 4.78 is 16.2. The fourth-order valence-corrected chi connectivity index (χ4v) is 2.46. The van der Waals surface area contributed by atoms with Crippen LogP contribution in [0.2, 0.25) is 0 Å². The van der Waals surface area contributed by atoms with Crippen LogP contribution in [0.15, 0.2) is 24.3 Å². The first-order valence-electron chi connectivity index (χ1n) is 7.07. The molecule has 0 saturated carbocycles. The Bertz CT molecular complexity index is 499. The number of methoxy groups -OCH3 is 1. The Kier molecular flexibility index (Phi) is 4.73. The van der Waals surface area contributed by atoms with E-state index in [1.54, 1.807) is 32.0 Å². The van der Waals surface area contributed by atoms with Gasteiger partial charge in [0.05, 0.1) is 20.3 Å². The van der Waals surface area contributed by atoms with E-state index in [2.05, 4.69) is 6.92 Å². The van der Waals surface area contributed by atoms with Crippen LogP contribution in [0.1, 0.15) is 13.8 Å². The van der Waals surface area contributed by atoms with E-state index in [0.717, 1.165) is 0 Å². The van der Waals surface area contributed by atoms with Crippen LogP contribution in [0.5, 0.6) is 11.5 Å². The fraction of sp³-hybridized carbons (Fsp3) is 0.562. The van der Waals surface area contributed by atoms with Crippen LogP contribution >= 0.6 is 0 Å². The Labute approximate surface area is 125 Å². The lowest BCUT2D eigenvalue weighted by molar-refractivity contribution is -0.147. The van der Waals surface area contributed by atoms with Gasteiger partial charge in [0.25, 0.3) is 5.91 Å². The Hall–Kier alpha value is -1.75. The van der Waals surface area contributed by atoms with Gasteiger partial charge in [0.15, 0.2) is 17.6 Å². The number of hydrogen-bond acceptors (Lipinski definition) is 4. The van der Waals surface area contributed by atoms with Gasteiger partial charge in [-0.05, 0) is 19.1 Å². The summed E-state index contributed by atoms with van der Waals surface area (Å²) in [4.78, 5) is 14.1. The molecule has 1 heterocycles. The first-order valence-corrected chi connectivity index (χ1v) is 7.07. The van der Waals surface area contributed by atoms with Gasteiger partial charge in [-0.25, -0.2) is 0 Å². The monoisotopic (exact) mass is 293 g/mol. The lowest BCUT2D eigenvalue weighted by atomic mass is 9.88. The minimum Gasteiger partial charge on any atom is -0.493 e. The molecule has 1 aromatic rings. The van der Waals surface area contributed by atoms with Crippen LogP contribution in [-0.4, -0.2) is 50.8 Å². The van der Waals surface area contributed by atoms with Crippen LogP contribution in [-0.2, 0) is 9.53 Å². The maximum atomic E-state index is 12.4. The van der Waals surface area contributed by atoms with E-state index in [0.29, 0.717) is 31.3 Å². The Morgan fingerprint density at radius 1 is 1.38 bits per heavy atom. The minimum atomic E-state index is -0.559. The summed E-state index contributed by atoms with van der Waals surface area (Å²) in [5.74, 6) is 1.15. The molecule has 0 aromatic heterocycles. The van der Waals surface area contributed by atoms with E-state index in [4.69, 9.17) is 14.2 Å². The number of hydrogen-bond donors (Lipinski definition) is 0. The summed E-state index contributed by atoms with van der Waals surface area (Å²) in [7, 11) is 3.38. The molecule has 0 bridgehead atoms. The van der Waals surface area contributed by atoms with E-state index >= 15 is 0 Å². The summed E-state index contributed by atoms with van der Waals surface area (Å²) in [6.07, 6.45) is -0.559. The highest BCUT2D eigenvalue weighted by Crippen LogP contribution is 2.29. The van der Waals surface area contributed by atoms with E-state index in [1.165, 1.54) is 0 Å². The van der Waals surface area contributed by atoms with Gasteiger partial charge in [0, 0.05) is 19.0 Å². The molecule has 0 N–H and O–H groups in total. The van der Waals surface area contributed by atoms with Gasteiger partial charge in [-0.15, -0.1) is 0 Å². The van der Waals surface area contributed by atoms with Gasteiger partial charge in [0.2, 0.25) is 0 Å². The quantitative estimate of drug-likeness (QED) is 0.804. The zero-order chi connectivity index (χ0) is 15.5. The summed E-state index contributed by atoms with van der Waals surface area (Å²) in [5, 5.41) is 0. The predicted molar refractivity (Wildman–Crippen MR) is 79.6 cm³/mol. The maximum Gasteiger partial charge on any atom is 0.263 e. The SMILES string of the molecule is COc1ccccc1OC(C)C(=O)N(C)CC1(C)COC1. The van der Waals surface area contributed by atoms with Gasteiger partial charge in [-0.1, -0.05) is 19.1 Å². The van der Waals surface area contributed by atoms with Gasteiger partial charge in [-0.2, -0.15) is 0 Å². The molecule has 1 aromatic carbocycles. The number of rotatable bonds is 6. The molecule has 1 saturated heterocycles. The van der Waals surface area contributed by atoms with Crippen LogP contribution in [0.4, 0.5) is 0 Å². The van der Waals surface area contributed by atoms with Crippen molar-refractivity contribution in [3.05, 3.63) is 24.3 Å². The summed E-state index contributed by atoms with van der Waals surface area (Å²) in [5.41, 5.74) is 0.0641. The van der Waals surface area contributed by atoms with Crippen molar-refractivity contribution < 1.29 is 19.0 Å². The first-order chi connectivity index (χ1) is 9.95. The van der Waals surface area contributed by atoms with E-state index < -0.39 is 6.10 Å². The molecular formula is C16H23NO4. The van der Waals surface area contributed by atoms with Gasteiger partial charge in [-0.3, -0.25) is 4.79 Å². The zero-order valence-corrected chi connectivity index (χ0v) is 13.1. The zero-order valence-electron chi connectivity index (χ0n) is 13.1. The maximum absolute atomic E-state index is 12.4. The molecule has 5 heteroatoms. The second-order valence-corrected chi connectivity index (χ2v) is 5.91. The van der Waals surface area contributed by atoms with Crippen molar-refractivity contribution in [1.29, 1.82) is 0 Å². The highest BCUT2D eigenvalue weighted by Gasteiger charge is 2.36. The molecule has 116 valence electrons. The molecule has 1 fully saturated rings. The molecule has 1 aliphatic rings. The van der Waals surface area contributed by atoms with Crippen molar-refractivity contribution in [2.45, 2.75) is 20.0 Å².